The highest BCUT2D eigenvalue weighted by atomic mass is 16.6. The number of carbonyl (C=O) groups excluding carboxylic acids is 2. The molecule has 0 bridgehead atoms. The average Bonchev–Trinajstić information content (AvgIpc) is 2.92. The fourth-order valence-electron chi connectivity index (χ4n) is 7.85. The molecule has 8 atom stereocenters. The molecule has 4 nitrogen and oxygen atoms in total. The third-order valence-electron chi connectivity index (χ3n) is 8.70. The Morgan fingerprint density at radius 3 is 2.59 bits per heavy atom. The zero-order valence-electron chi connectivity index (χ0n) is 18.2. The van der Waals surface area contributed by atoms with Crippen molar-refractivity contribution >= 4 is 11.9 Å². The Hall–Kier alpha value is -1.76. The fraction of sp³-hybridized carbons (Fsp3) is 0.760. The largest absolute Gasteiger partial charge is 0.458 e. The summed E-state index contributed by atoms with van der Waals surface area (Å²) in [5, 5.41) is 0. The van der Waals surface area contributed by atoms with Gasteiger partial charge in [-0.15, -0.1) is 6.42 Å². The van der Waals surface area contributed by atoms with Crippen molar-refractivity contribution in [1.29, 1.82) is 0 Å². The molecular weight excluding hydrogens is 364 g/mol. The van der Waals surface area contributed by atoms with E-state index >= 15 is 0 Å². The zero-order chi connectivity index (χ0) is 21.0. The Kier molecular flexibility index (Phi) is 5.08. The van der Waals surface area contributed by atoms with Gasteiger partial charge in [0.25, 0.3) is 0 Å². The molecule has 0 amide bonds. The predicted octanol–water partition coefficient (Wildman–Crippen LogP) is 4.67. The van der Waals surface area contributed by atoms with Gasteiger partial charge in [-0.25, -0.2) is 0 Å². The van der Waals surface area contributed by atoms with Crippen LogP contribution in [0.2, 0.25) is 0 Å². The van der Waals surface area contributed by atoms with Gasteiger partial charge in [-0.2, -0.15) is 0 Å². The molecule has 0 aliphatic heterocycles. The van der Waals surface area contributed by atoms with Crippen molar-refractivity contribution in [2.24, 2.45) is 35.0 Å². The van der Waals surface area contributed by atoms with E-state index in [-0.39, 0.29) is 23.5 Å². The van der Waals surface area contributed by atoms with Gasteiger partial charge in [0.05, 0.1) is 0 Å². The molecule has 0 radical (unpaired) electrons. The van der Waals surface area contributed by atoms with Gasteiger partial charge in [0.2, 0.25) is 0 Å². The molecule has 0 heterocycles. The lowest BCUT2D eigenvalue weighted by molar-refractivity contribution is -0.171. The molecule has 0 aromatic carbocycles. The lowest BCUT2D eigenvalue weighted by atomic mass is 9.48. The highest BCUT2D eigenvalue weighted by Crippen LogP contribution is 2.67. The molecule has 158 valence electrons. The molecule has 0 aromatic heterocycles. The second kappa shape index (κ2) is 7.18. The van der Waals surface area contributed by atoms with Crippen LogP contribution >= 0.6 is 0 Å². The van der Waals surface area contributed by atoms with Crippen LogP contribution < -0.4 is 0 Å². The minimum Gasteiger partial charge on any atom is -0.458 e. The monoisotopic (exact) mass is 398 g/mol. The van der Waals surface area contributed by atoms with Crippen molar-refractivity contribution in [2.45, 2.75) is 84.3 Å². The first-order valence-corrected chi connectivity index (χ1v) is 11.3. The molecule has 4 aliphatic carbocycles. The third-order valence-corrected chi connectivity index (χ3v) is 8.70. The minimum atomic E-state index is -0.758. The van der Waals surface area contributed by atoms with E-state index in [9.17, 15) is 9.59 Å². The van der Waals surface area contributed by atoms with Crippen LogP contribution in [0.15, 0.2) is 11.6 Å². The number of hydrogen-bond donors (Lipinski definition) is 0. The summed E-state index contributed by atoms with van der Waals surface area (Å²) < 4.78 is 11.4. The summed E-state index contributed by atoms with van der Waals surface area (Å²) in [5.41, 5.74) is 0.594. The number of ether oxygens (including phenoxy) is 2. The van der Waals surface area contributed by atoms with Gasteiger partial charge in [-0.1, -0.05) is 25.3 Å². The molecule has 0 N–H and O–H groups in total. The molecule has 4 rings (SSSR count). The Labute approximate surface area is 174 Å². The maximum absolute atomic E-state index is 11.9. The number of fused-ring (bicyclic) bond motifs is 5. The van der Waals surface area contributed by atoms with Crippen LogP contribution in [-0.4, -0.2) is 23.6 Å². The first kappa shape index (κ1) is 20.5. The van der Waals surface area contributed by atoms with Gasteiger partial charge in [-0.05, 0) is 80.6 Å². The number of carbonyl (C=O) groups is 2. The SMILES string of the molecule is C#CC1(OC(C)=O)CC[C@H]2[C@@H]3CCC4=C[C@@H](OC(C)=O)CC[C@@H]4[C@H]3[C@@H](C)C[C@@]21C. The van der Waals surface area contributed by atoms with E-state index in [1.807, 2.05) is 0 Å². The van der Waals surface area contributed by atoms with Gasteiger partial charge in [0.15, 0.2) is 5.60 Å². The van der Waals surface area contributed by atoms with Gasteiger partial charge < -0.3 is 9.47 Å². The van der Waals surface area contributed by atoms with Crippen LogP contribution in [0, 0.1) is 47.3 Å². The van der Waals surface area contributed by atoms with E-state index in [1.165, 1.54) is 19.4 Å². The van der Waals surface area contributed by atoms with Crippen molar-refractivity contribution in [2.75, 3.05) is 0 Å². The molecule has 3 saturated carbocycles. The van der Waals surface area contributed by atoms with Crippen LogP contribution in [0.1, 0.15) is 72.6 Å². The van der Waals surface area contributed by atoms with Crippen LogP contribution in [-0.2, 0) is 19.1 Å². The molecule has 1 unspecified atom stereocenters. The first-order valence-electron chi connectivity index (χ1n) is 11.3. The lowest BCUT2D eigenvalue weighted by Crippen LogP contribution is -2.56. The zero-order valence-corrected chi connectivity index (χ0v) is 18.2. The second-order valence-corrected chi connectivity index (χ2v) is 10.2. The van der Waals surface area contributed by atoms with Crippen molar-refractivity contribution in [3.8, 4) is 12.3 Å². The van der Waals surface area contributed by atoms with E-state index in [0.717, 1.165) is 44.9 Å². The van der Waals surface area contributed by atoms with Crippen molar-refractivity contribution in [3.63, 3.8) is 0 Å². The van der Waals surface area contributed by atoms with E-state index in [4.69, 9.17) is 15.9 Å². The lowest BCUT2D eigenvalue weighted by Gasteiger charge is -2.58. The molecule has 0 spiro atoms. The number of allylic oxidation sites excluding steroid dienone is 1. The molecule has 0 saturated heterocycles. The summed E-state index contributed by atoms with van der Waals surface area (Å²) in [4.78, 5) is 23.3. The highest BCUT2D eigenvalue weighted by molar-refractivity contribution is 5.67. The Morgan fingerprint density at radius 1 is 1.17 bits per heavy atom. The highest BCUT2D eigenvalue weighted by Gasteiger charge is 2.65. The Balaban J connectivity index is 1.62. The van der Waals surface area contributed by atoms with Gasteiger partial charge >= 0.3 is 11.9 Å². The van der Waals surface area contributed by atoms with E-state index in [2.05, 4.69) is 25.8 Å². The third kappa shape index (κ3) is 3.13. The van der Waals surface area contributed by atoms with Crippen LogP contribution in [0.4, 0.5) is 0 Å². The van der Waals surface area contributed by atoms with Crippen molar-refractivity contribution < 1.29 is 19.1 Å². The number of rotatable bonds is 2. The van der Waals surface area contributed by atoms with Crippen molar-refractivity contribution in [1.82, 2.24) is 0 Å². The van der Waals surface area contributed by atoms with E-state index in [0.29, 0.717) is 29.6 Å². The summed E-state index contributed by atoms with van der Waals surface area (Å²) in [6, 6.07) is 0. The smallest absolute Gasteiger partial charge is 0.304 e. The summed E-state index contributed by atoms with van der Waals surface area (Å²) in [5.74, 6) is 5.39. The van der Waals surface area contributed by atoms with E-state index in [1.54, 1.807) is 0 Å². The van der Waals surface area contributed by atoms with E-state index < -0.39 is 5.60 Å². The quantitative estimate of drug-likeness (QED) is 0.385. The average molecular weight is 399 g/mol. The maximum Gasteiger partial charge on any atom is 0.304 e. The number of hydrogen-bond acceptors (Lipinski definition) is 4. The second-order valence-electron chi connectivity index (χ2n) is 10.2. The fourth-order valence-corrected chi connectivity index (χ4v) is 7.85. The predicted molar refractivity (Wildman–Crippen MR) is 111 cm³/mol. The van der Waals surface area contributed by atoms with Crippen LogP contribution in [0.3, 0.4) is 0 Å². The summed E-state index contributed by atoms with van der Waals surface area (Å²) >= 11 is 0. The molecule has 29 heavy (non-hydrogen) atoms. The minimum absolute atomic E-state index is 0.0519. The summed E-state index contributed by atoms with van der Waals surface area (Å²) in [6.07, 6.45) is 15.3. The molecule has 4 heteroatoms. The maximum atomic E-state index is 11.9. The summed E-state index contributed by atoms with van der Waals surface area (Å²) in [7, 11) is 0. The topological polar surface area (TPSA) is 52.6 Å². The Bertz CT molecular complexity index is 776. The number of terminal acetylenes is 1. The normalized spacial score (nSPS) is 45.7. The molecular formula is C25H34O4. The molecule has 4 aliphatic rings. The standard InChI is InChI=1S/C25H34O4/c1-6-25(29-17(4)27)12-11-22-21-9-7-18-13-19(28-16(3)26)8-10-20(18)23(21)15(2)14-24(22,25)5/h1,13,15,19-23H,7-12,14H2,2-5H3/t15-,19-,20-,21-,22-,23+,24-,25?/m0/s1. The number of esters is 2. The molecule has 3 fully saturated rings. The van der Waals surface area contributed by atoms with Crippen LogP contribution in [0.25, 0.3) is 0 Å². The van der Waals surface area contributed by atoms with Gasteiger partial charge in [0.1, 0.15) is 6.10 Å². The van der Waals surface area contributed by atoms with Gasteiger partial charge in [0, 0.05) is 19.3 Å². The van der Waals surface area contributed by atoms with Crippen molar-refractivity contribution in [3.05, 3.63) is 11.6 Å². The first-order chi connectivity index (χ1) is 13.7. The molecule has 0 aromatic rings. The van der Waals surface area contributed by atoms with Crippen LogP contribution in [0.5, 0.6) is 0 Å². The Morgan fingerprint density at radius 2 is 1.93 bits per heavy atom. The summed E-state index contributed by atoms with van der Waals surface area (Å²) in [6.45, 7) is 7.62. The van der Waals surface area contributed by atoms with Gasteiger partial charge in [-0.3, -0.25) is 9.59 Å².